The lowest BCUT2D eigenvalue weighted by Gasteiger charge is -2.26. The largest absolute Gasteiger partial charge is 0.507 e. The van der Waals surface area contributed by atoms with Gasteiger partial charge in [0.05, 0.1) is 0 Å². The zero-order chi connectivity index (χ0) is 17.1. The molecule has 0 atom stereocenters. The van der Waals surface area contributed by atoms with Gasteiger partial charge in [0.15, 0.2) is 0 Å². The van der Waals surface area contributed by atoms with Crippen molar-refractivity contribution in [2.24, 2.45) is 0 Å². The lowest BCUT2D eigenvalue weighted by molar-refractivity contribution is 0.0691. The minimum Gasteiger partial charge on any atom is -0.507 e. The molecule has 1 aliphatic heterocycles. The van der Waals surface area contributed by atoms with Crippen molar-refractivity contribution in [3.8, 4) is 16.9 Å². The van der Waals surface area contributed by atoms with Crippen molar-refractivity contribution in [2.75, 3.05) is 13.1 Å². The fraction of sp³-hybridized carbons (Fsp3) is 0.263. The molecule has 24 heavy (non-hydrogen) atoms. The number of piperidine rings is 1. The van der Waals surface area contributed by atoms with Gasteiger partial charge in [-0.15, -0.1) is 0 Å². The van der Waals surface area contributed by atoms with E-state index in [0.29, 0.717) is 11.1 Å². The number of hydrogen-bond donors (Lipinski definition) is 2. The Morgan fingerprint density at radius 3 is 2.08 bits per heavy atom. The van der Waals surface area contributed by atoms with Gasteiger partial charge < -0.3 is 15.1 Å². The quantitative estimate of drug-likeness (QED) is 0.907. The van der Waals surface area contributed by atoms with E-state index in [9.17, 15) is 14.7 Å². The minimum absolute atomic E-state index is 0.0466. The van der Waals surface area contributed by atoms with E-state index in [1.165, 1.54) is 18.6 Å². The van der Waals surface area contributed by atoms with Gasteiger partial charge in [0.2, 0.25) is 0 Å². The first-order valence-corrected chi connectivity index (χ1v) is 8.02. The molecule has 2 aromatic carbocycles. The third kappa shape index (κ3) is 3.25. The molecule has 1 amide bonds. The number of carbonyl (C=O) groups excluding carboxylic acids is 1. The molecule has 0 spiro atoms. The zero-order valence-electron chi connectivity index (χ0n) is 13.2. The van der Waals surface area contributed by atoms with Crippen LogP contribution in [0.2, 0.25) is 0 Å². The summed E-state index contributed by atoms with van der Waals surface area (Å²) in [4.78, 5) is 25.3. The highest BCUT2D eigenvalue weighted by atomic mass is 16.4. The van der Waals surface area contributed by atoms with Crippen molar-refractivity contribution in [1.29, 1.82) is 0 Å². The highest BCUT2D eigenvalue weighted by molar-refractivity contribution is 5.95. The van der Waals surface area contributed by atoms with Gasteiger partial charge in [0.1, 0.15) is 11.3 Å². The maximum atomic E-state index is 12.4. The fourth-order valence-corrected chi connectivity index (χ4v) is 2.98. The van der Waals surface area contributed by atoms with Crippen molar-refractivity contribution >= 4 is 11.9 Å². The van der Waals surface area contributed by atoms with Crippen LogP contribution in [0.3, 0.4) is 0 Å². The van der Waals surface area contributed by atoms with Crippen molar-refractivity contribution in [2.45, 2.75) is 19.3 Å². The number of carboxylic acids is 1. The summed E-state index contributed by atoms with van der Waals surface area (Å²) in [5, 5.41) is 18.7. The Hall–Kier alpha value is -2.82. The number of amides is 1. The summed E-state index contributed by atoms with van der Waals surface area (Å²) in [6.45, 7) is 1.62. The van der Waals surface area contributed by atoms with E-state index in [2.05, 4.69) is 0 Å². The molecular formula is C19H19NO4. The average Bonchev–Trinajstić information content (AvgIpc) is 2.61. The summed E-state index contributed by atoms with van der Waals surface area (Å²) in [7, 11) is 0. The van der Waals surface area contributed by atoms with Gasteiger partial charge in [-0.3, -0.25) is 4.79 Å². The first-order chi connectivity index (χ1) is 11.6. The molecule has 1 heterocycles. The molecule has 124 valence electrons. The summed E-state index contributed by atoms with van der Waals surface area (Å²) in [6, 6.07) is 11.6. The van der Waals surface area contributed by atoms with Gasteiger partial charge in [-0.2, -0.15) is 0 Å². The van der Waals surface area contributed by atoms with Crippen LogP contribution in [0.15, 0.2) is 42.5 Å². The Labute approximate surface area is 140 Å². The van der Waals surface area contributed by atoms with Crippen LogP contribution in [0.1, 0.15) is 40.0 Å². The molecule has 0 bridgehead atoms. The first-order valence-electron chi connectivity index (χ1n) is 8.02. The predicted molar refractivity (Wildman–Crippen MR) is 90.3 cm³/mol. The highest BCUT2D eigenvalue weighted by Gasteiger charge is 2.18. The van der Waals surface area contributed by atoms with Crippen LogP contribution >= 0.6 is 0 Å². The maximum Gasteiger partial charge on any atom is 0.339 e. The van der Waals surface area contributed by atoms with Crippen LogP contribution in [0.25, 0.3) is 11.1 Å². The van der Waals surface area contributed by atoms with Gasteiger partial charge in [0, 0.05) is 18.7 Å². The number of likely N-dealkylation sites (tertiary alicyclic amines) is 1. The van der Waals surface area contributed by atoms with Crippen LogP contribution in [-0.2, 0) is 0 Å². The second kappa shape index (κ2) is 6.74. The number of benzene rings is 2. The fourth-order valence-electron chi connectivity index (χ4n) is 2.98. The highest BCUT2D eigenvalue weighted by Crippen LogP contribution is 2.27. The second-order valence-corrected chi connectivity index (χ2v) is 5.97. The summed E-state index contributed by atoms with van der Waals surface area (Å²) < 4.78 is 0. The number of phenols is 1. The van der Waals surface area contributed by atoms with Crippen LogP contribution in [0, 0.1) is 0 Å². The summed E-state index contributed by atoms with van der Waals surface area (Å²) in [5.74, 6) is -1.39. The smallest absolute Gasteiger partial charge is 0.339 e. The van der Waals surface area contributed by atoms with Crippen LogP contribution < -0.4 is 0 Å². The van der Waals surface area contributed by atoms with E-state index in [1.807, 2.05) is 17.0 Å². The third-order valence-electron chi connectivity index (χ3n) is 4.34. The zero-order valence-corrected chi connectivity index (χ0v) is 13.2. The number of rotatable bonds is 3. The molecule has 5 heteroatoms. The lowest BCUT2D eigenvalue weighted by Crippen LogP contribution is -2.35. The molecular weight excluding hydrogens is 306 g/mol. The van der Waals surface area contributed by atoms with Crippen LogP contribution in [-0.4, -0.2) is 40.1 Å². The van der Waals surface area contributed by atoms with E-state index in [-0.39, 0.29) is 17.2 Å². The lowest BCUT2D eigenvalue weighted by atomic mass is 10.0. The predicted octanol–water partition coefficient (Wildman–Crippen LogP) is 3.38. The number of aromatic carboxylic acids is 1. The summed E-state index contributed by atoms with van der Waals surface area (Å²) in [6.07, 6.45) is 3.29. The molecule has 1 fully saturated rings. The standard InChI is InChI=1S/C19H19NO4/c21-17-12-15(8-9-16(17)19(23)24)13-4-6-14(7-5-13)18(22)20-10-2-1-3-11-20/h4-9,12,21H,1-3,10-11H2,(H,23,24). The molecule has 0 aromatic heterocycles. The Kier molecular flexibility index (Phi) is 4.51. The number of carbonyl (C=O) groups is 2. The Bertz CT molecular complexity index is 761. The van der Waals surface area contributed by atoms with E-state index in [0.717, 1.165) is 31.5 Å². The van der Waals surface area contributed by atoms with E-state index in [4.69, 9.17) is 5.11 Å². The van der Waals surface area contributed by atoms with Gasteiger partial charge in [-0.05, 0) is 54.7 Å². The topological polar surface area (TPSA) is 77.8 Å². The maximum absolute atomic E-state index is 12.4. The van der Waals surface area contributed by atoms with Crippen LogP contribution in [0.4, 0.5) is 0 Å². The van der Waals surface area contributed by atoms with Gasteiger partial charge in [-0.25, -0.2) is 4.79 Å². The Balaban J connectivity index is 1.80. The molecule has 5 nitrogen and oxygen atoms in total. The Morgan fingerprint density at radius 2 is 1.50 bits per heavy atom. The molecule has 1 saturated heterocycles. The third-order valence-corrected chi connectivity index (χ3v) is 4.34. The van der Waals surface area contributed by atoms with Gasteiger partial charge in [-0.1, -0.05) is 18.2 Å². The normalized spacial score (nSPS) is 14.4. The number of aromatic hydroxyl groups is 1. The first kappa shape index (κ1) is 16.1. The van der Waals surface area contributed by atoms with Crippen molar-refractivity contribution in [3.05, 3.63) is 53.6 Å². The SMILES string of the molecule is O=C(O)c1ccc(-c2ccc(C(=O)N3CCCCC3)cc2)cc1O. The van der Waals surface area contributed by atoms with E-state index in [1.54, 1.807) is 18.2 Å². The Morgan fingerprint density at radius 1 is 0.875 bits per heavy atom. The van der Waals surface area contributed by atoms with Gasteiger partial charge >= 0.3 is 5.97 Å². The molecule has 3 rings (SSSR count). The number of carboxylic acid groups (broad SMARTS) is 1. The monoisotopic (exact) mass is 325 g/mol. The van der Waals surface area contributed by atoms with Crippen molar-refractivity contribution in [1.82, 2.24) is 4.90 Å². The number of hydrogen-bond acceptors (Lipinski definition) is 3. The summed E-state index contributed by atoms with van der Waals surface area (Å²) in [5.41, 5.74) is 2.04. The molecule has 1 aliphatic rings. The molecule has 0 radical (unpaired) electrons. The molecule has 0 saturated carbocycles. The molecule has 0 aliphatic carbocycles. The molecule has 2 N–H and O–H groups in total. The summed E-state index contributed by atoms with van der Waals surface area (Å²) >= 11 is 0. The minimum atomic E-state index is -1.17. The van der Waals surface area contributed by atoms with Gasteiger partial charge in [0.25, 0.3) is 5.91 Å². The van der Waals surface area contributed by atoms with Crippen molar-refractivity contribution in [3.63, 3.8) is 0 Å². The second-order valence-electron chi connectivity index (χ2n) is 5.97. The number of nitrogens with zero attached hydrogens (tertiary/aromatic N) is 1. The van der Waals surface area contributed by atoms with E-state index < -0.39 is 5.97 Å². The molecule has 0 unspecified atom stereocenters. The van der Waals surface area contributed by atoms with E-state index >= 15 is 0 Å². The van der Waals surface area contributed by atoms with Crippen molar-refractivity contribution < 1.29 is 19.8 Å². The van der Waals surface area contributed by atoms with Crippen LogP contribution in [0.5, 0.6) is 5.75 Å². The molecule has 2 aromatic rings. The average molecular weight is 325 g/mol.